The largest absolute Gasteiger partial charge is 0.486 e. The van der Waals surface area contributed by atoms with Crippen LogP contribution in [0.15, 0.2) is 42.7 Å². The van der Waals surface area contributed by atoms with E-state index in [9.17, 15) is 0 Å². The SMILES string of the molecule is N=C(N)c1ccc(OCc2ncccn2)cc1. The number of benzene rings is 1. The molecule has 1 heterocycles. The summed E-state index contributed by atoms with van der Waals surface area (Å²) in [4.78, 5) is 8.10. The lowest BCUT2D eigenvalue weighted by Gasteiger charge is -2.05. The molecule has 0 aliphatic heterocycles. The van der Waals surface area contributed by atoms with E-state index in [0.717, 1.165) is 0 Å². The molecule has 2 aromatic rings. The van der Waals surface area contributed by atoms with Crippen molar-refractivity contribution in [2.24, 2.45) is 5.73 Å². The average molecular weight is 228 g/mol. The van der Waals surface area contributed by atoms with Gasteiger partial charge in [-0.25, -0.2) is 9.97 Å². The number of rotatable bonds is 4. The second kappa shape index (κ2) is 5.07. The number of nitrogens with zero attached hydrogens (tertiary/aromatic N) is 2. The van der Waals surface area contributed by atoms with E-state index in [0.29, 0.717) is 23.7 Å². The molecule has 2 rings (SSSR count). The molecule has 5 heteroatoms. The molecule has 0 aliphatic carbocycles. The van der Waals surface area contributed by atoms with Gasteiger partial charge < -0.3 is 10.5 Å². The van der Waals surface area contributed by atoms with Crippen LogP contribution >= 0.6 is 0 Å². The monoisotopic (exact) mass is 228 g/mol. The molecule has 0 aliphatic rings. The first-order valence-corrected chi connectivity index (χ1v) is 5.09. The lowest BCUT2D eigenvalue weighted by molar-refractivity contribution is 0.296. The molecule has 1 aromatic carbocycles. The Morgan fingerprint density at radius 2 is 1.82 bits per heavy atom. The van der Waals surface area contributed by atoms with Gasteiger partial charge in [-0.1, -0.05) is 0 Å². The summed E-state index contributed by atoms with van der Waals surface area (Å²) < 4.78 is 5.49. The van der Waals surface area contributed by atoms with Gasteiger partial charge in [0.2, 0.25) is 0 Å². The van der Waals surface area contributed by atoms with Crippen LogP contribution in [0.3, 0.4) is 0 Å². The Labute approximate surface area is 98.8 Å². The van der Waals surface area contributed by atoms with Gasteiger partial charge in [0.1, 0.15) is 18.2 Å². The number of ether oxygens (including phenoxy) is 1. The van der Waals surface area contributed by atoms with Gasteiger partial charge in [-0.2, -0.15) is 0 Å². The third-order valence-electron chi connectivity index (χ3n) is 2.15. The summed E-state index contributed by atoms with van der Waals surface area (Å²) in [6, 6.07) is 8.76. The van der Waals surface area contributed by atoms with E-state index >= 15 is 0 Å². The van der Waals surface area contributed by atoms with Crippen LogP contribution in [-0.2, 0) is 6.61 Å². The second-order valence-electron chi connectivity index (χ2n) is 3.39. The van der Waals surface area contributed by atoms with Crippen LogP contribution in [0.25, 0.3) is 0 Å². The van der Waals surface area contributed by atoms with Crippen molar-refractivity contribution in [3.8, 4) is 5.75 Å². The minimum atomic E-state index is 0.0444. The molecule has 17 heavy (non-hydrogen) atoms. The standard InChI is InChI=1S/C12H12N4O/c13-12(14)9-2-4-10(5-3-9)17-8-11-15-6-1-7-16-11/h1-7H,8H2,(H3,13,14). The summed E-state index contributed by atoms with van der Waals surface area (Å²) in [5.41, 5.74) is 6.03. The van der Waals surface area contributed by atoms with E-state index in [1.54, 1.807) is 42.7 Å². The van der Waals surface area contributed by atoms with Crippen LogP contribution in [-0.4, -0.2) is 15.8 Å². The number of nitrogens with one attached hydrogen (secondary N) is 1. The van der Waals surface area contributed by atoms with Gasteiger partial charge in [-0.15, -0.1) is 0 Å². The number of nitrogen functional groups attached to an aromatic ring is 1. The molecule has 0 spiro atoms. The van der Waals surface area contributed by atoms with Gasteiger partial charge in [0, 0.05) is 18.0 Å². The number of hydrogen-bond acceptors (Lipinski definition) is 4. The maximum absolute atomic E-state index is 7.26. The molecule has 3 N–H and O–H groups in total. The van der Waals surface area contributed by atoms with E-state index < -0.39 is 0 Å². The predicted octanol–water partition coefficient (Wildman–Crippen LogP) is 1.34. The fourth-order valence-corrected chi connectivity index (χ4v) is 1.28. The lowest BCUT2D eigenvalue weighted by atomic mass is 10.2. The fraction of sp³-hybridized carbons (Fsp3) is 0.0833. The summed E-state index contributed by atoms with van der Waals surface area (Å²) in [5, 5.41) is 7.26. The lowest BCUT2D eigenvalue weighted by Crippen LogP contribution is -2.10. The van der Waals surface area contributed by atoms with Gasteiger partial charge >= 0.3 is 0 Å². The number of nitrogens with two attached hydrogens (primary N) is 1. The highest BCUT2D eigenvalue weighted by atomic mass is 16.5. The van der Waals surface area contributed by atoms with E-state index in [2.05, 4.69) is 9.97 Å². The van der Waals surface area contributed by atoms with Gasteiger partial charge in [-0.3, -0.25) is 5.41 Å². The Morgan fingerprint density at radius 3 is 2.41 bits per heavy atom. The van der Waals surface area contributed by atoms with Crippen LogP contribution in [0.5, 0.6) is 5.75 Å². The molecular formula is C12H12N4O. The molecule has 0 bridgehead atoms. The number of aromatic nitrogens is 2. The van der Waals surface area contributed by atoms with Gasteiger partial charge in [0.15, 0.2) is 5.82 Å². The van der Waals surface area contributed by atoms with Crippen LogP contribution in [0.4, 0.5) is 0 Å². The predicted molar refractivity (Wildman–Crippen MR) is 63.8 cm³/mol. The molecule has 0 unspecified atom stereocenters. The third-order valence-corrected chi connectivity index (χ3v) is 2.15. The Kier molecular flexibility index (Phi) is 3.30. The van der Waals surface area contributed by atoms with E-state index in [-0.39, 0.29) is 5.84 Å². The quantitative estimate of drug-likeness (QED) is 0.610. The van der Waals surface area contributed by atoms with Crippen molar-refractivity contribution < 1.29 is 4.74 Å². The second-order valence-corrected chi connectivity index (χ2v) is 3.39. The van der Waals surface area contributed by atoms with Gasteiger partial charge in [0.05, 0.1) is 0 Å². The number of amidine groups is 1. The summed E-state index contributed by atoms with van der Waals surface area (Å²) in [6.45, 7) is 0.320. The van der Waals surface area contributed by atoms with Crippen molar-refractivity contribution in [2.75, 3.05) is 0 Å². The highest BCUT2D eigenvalue weighted by Gasteiger charge is 1.99. The molecule has 0 amide bonds. The van der Waals surface area contributed by atoms with E-state index in [1.807, 2.05) is 0 Å². The summed E-state index contributed by atoms with van der Waals surface area (Å²) in [6.07, 6.45) is 3.34. The molecule has 0 atom stereocenters. The molecule has 0 saturated heterocycles. The minimum absolute atomic E-state index is 0.0444. The third kappa shape index (κ3) is 3.01. The van der Waals surface area contributed by atoms with Gasteiger partial charge in [-0.05, 0) is 30.3 Å². The minimum Gasteiger partial charge on any atom is -0.486 e. The first-order valence-electron chi connectivity index (χ1n) is 5.09. The normalized spacial score (nSPS) is 9.88. The van der Waals surface area contributed by atoms with Gasteiger partial charge in [0.25, 0.3) is 0 Å². The van der Waals surface area contributed by atoms with Crippen molar-refractivity contribution in [1.29, 1.82) is 5.41 Å². The highest BCUT2D eigenvalue weighted by molar-refractivity contribution is 5.94. The highest BCUT2D eigenvalue weighted by Crippen LogP contribution is 2.12. The van der Waals surface area contributed by atoms with Crippen molar-refractivity contribution >= 4 is 5.84 Å². The summed E-state index contributed by atoms with van der Waals surface area (Å²) in [7, 11) is 0. The molecule has 0 fully saturated rings. The van der Waals surface area contributed by atoms with Crippen LogP contribution in [0.1, 0.15) is 11.4 Å². The van der Waals surface area contributed by atoms with Crippen LogP contribution < -0.4 is 10.5 Å². The smallest absolute Gasteiger partial charge is 0.166 e. The van der Waals surface area contributed by atoms with Crippen molar-refractivity contribution in [3.05, 3.63) is 54.1 Å². The molecule has 86 valence electrons. The van der Waals surface area contributed by atoms with Crippen LogP contribution in [0.2, 0.25) is 0 Å². The summed E-state index contributed by atoms with van der Waals surface area (Å²) in [5.74, 6) is 1.37. The zero-order valence-corrected chi connectivity index (χ0v) is 9.13. The molecule has 0 radical (unpaired) electrons. The summed E-state index contributed by atoms with van der Waals surface area (Å²) >= 11 is 0. The van der Waals surface area contributed by atoms with Crippen LogP contribution in [0, 0.1) is 5.41 Å². The maximum atomic E-state index is 7.26. The van der Waals surface area contributed by atoms with Crippen molar-refractivity contribution in [1.82, 2.24) is 9.97 Å². The Hall–Kier alpha value is -2.43. The average Bonchev–Trinajstić information content (AvgIpc) is 2.38. The Bertz CT molecular complexity index is 496. The first-order chi connectivity index (χ1) is 8.25. The Balaban J connectivity index is 1.98. The van der Waals surface area contributed by atoms with E-state index in [4.69, 9.17) is 15.9 Å². The molecule has 0 saturated carbocycles. The fourth-order valence-electron chi connectivity index (χ4n) is 1.28. The zero-order valence-electron chi connectivity index (χ0n) is 9.13. The topological polar surface area (TPSA) is 84.9 Å². The zero-order chi connectivity index (χ0) is 12.1. The van der Waals surface area contributed by atoms with E-state index in [1.165, 1.54) is 0 Å². The number of hydrogen-bond donors (Lipinski definition) is 2. The maximum Gasteiger partial charge on any atom is 0.166 e. The van der Waals surface area contributed by atoms with Crippen molar-refractivity contribution in [3.63, 3.8) is 0 Å². The van der Waals surface area contributed by atoms with Crippen molar-refractivity contribution in [2.45, 2.75) is 6.61 Å². The molecule has 5 nitrogen and oxygen atoms in total. The molecular weight excluding hydrogens is 216 g/mol. The Morgan fingerprint density at radius 1 is 1.18 bits per heavy atom. The first kappa shape index (κ1) is 11.1. The molecule has 1 aromatic heterocycles.